The topological polar surface area (TPSA) is 69.7 Å². The number of anilines is 1. The highest BCUT2D eigenvalue weighted by molar-refractivity contribution is 5.55. The largest absolute Gasteiger partial charge is 0.339 e. The number of aromatic amines is 1. The second-order valence-corrected chi connectivity index (χ2v) is 5.23. The minimum absolute atomic E-state index is 0.677. The Bertz CT molecular complexity index is 536. The lowest BCUT2D eigenvalue weighted by atomic mass is 9.98. The molecule has 1 fully saturated rings. The van der Waals surface area contributed by atoms with Crippen molar-refractivity contribution in [3.05, 3.63) is 24.5 Å². The molecule has 2 N–H and O–H groups in total. The van der Waals surface area contributed by atoms with Crippen LogP contribution in [-0.4, -0.2) is 46.8 Å². The Kier molecular flexibility index (Phi) is 3.92. The zero-order valence-electron chi connectivity index (χ0n) is 11.7. The van der Waals surface area contributed by atoms with Crippen LogP contribution in [-0.2, 0) is 0 Å². The molecule has 20 heavy (non-hydrogen) atoms. The molecule has 3 heterocycles. The number of H-pyrrole nitrogens is 1. The maximum Gasteiger partial charge on any atom is 0.245 e. The standard InChI is InChI=1S/C14H20N6/c1-15-9-11-3-2-8-20(10-11)14-17-13(18-19-14)12-4-6-16-7-5-12/h4-7,11,15H,2-3,8-10H2,1H3,(H,17,18,19). The zero-order chi connectivity index (χ0) is 13.8. The highest BCUT2D eigenvalue weighted by atomic mass is 15.4. The molecule has 6 nitrogen and oxygen atoms in total. The molecular formula is C14H20N6. The van der Waals surface area contributed by atoms with Crippen LogP contribution in [0.5, 0.6) is 0 Å². The van der Waals surface area contributed by atoms with Crippen LogP contribution in [0.4, 0.5) is 5.95 Å². The van der Waals surface area contributed by atoms with E-state index < -0.39 is 0 Å². The van der Waals surface area contributed by atoms with Gasteiger partial charge in [0.1, 0.15) is 0 Å². The van der Waals surface area contributed by atoms with E-state index in [4.69, 9.17) is 0 Å². The molecule has 0 amide bonds. The molecule has 2 aromatic rings. The fourth-order valence-corrected chi connectivity index (χ4v) is 2.74. The first-order valence-electron chi connectivity index (χ1n) is 7.09. The molecule has 1 atom stereocenters. The van der Waals surface area contributed by atoms with Crippen LogP contribution < -0.4 is 10.2 Å². The van der Waals surface area contributed by atoms with Gasteiger partial charge in [-0.25, -0.2) is 0 Å². The van der Waals surface area contributed by atoms with Crippen molar-refractivity contribution in [3.8, 4) is 11.4 Å². The molecular weight excluding hydrogens is 252 g/mol. The smallest absolute Gasteiger partial charge is 0.245 e. The van der Waals surface area contributed by atoms with Crippen molar-refractivity contribution in [2.75, 3.05) is 31.6 Å². The SMILES string of the molecule is CNCC1CCCN(c2n[nH]c(-c3ccncc3)n2)C1. The van der Waals surface area contributed by atoms with Gasteiger partial charge in [-0.3, -0.25) is 10.1 Å². The zero-order valence-corrected chi connectivity index (χ0v) is 11.7. The van der Waals surface area contributed by atoms with E-state index in [0.717, 1.165) is 37.0 Å². The van der Waals surface area contributed by atoms with E-state index in [1.165, 1.54) is 12.8 Å². The summed E-state index contributed by atoms with van der Waals surface area (Å²) in [5.41, 5.74) is 1.02. The van der Waals surface area contributed by atoms with Crippen LogP contribution in [0.3, 0.4) is 0 Å². The highest BCUT2D eigenvalue weighted by Crippen LogP contribution is 2.22. The van der Waals surface area contributed by atoms with Crippen LogP contribution in [0.15, 0.2) is 24.5 Å². The van der Waals surface area contributed by atoms with Crippen LogP contribution in [0.1, 0.15) is 12.8 Å². The number of rotatable bonds is 4. The molecule has 1 saturated heterocycles. The van der Waals surface area contributed by atoms with Gasteiger partial charge in [-0.15, -0.1) is 5.10 Å². The van der Waals surface area contributed by atoms with Gasteiger partial charge in [-0.2, -0.15) is 4.98 Å². The number of piperidine rings is 1. The van der Waals surface area contributed by atoms with E-state index in [2.05, 4.69) is 30.4 Å². The maximum atomic E-state index is 4.61. The van der Waals surface area contributed by atoms with E-state index >= 15 is 0 Å². The molecule has 0 aromatic carbocycles. The first-order chi connectivity index (χ1) is 9.86. The summed E-state index contributed by atoms with van der Waals surface area (Å²) in [6.45, 7) is 3.11. The minimum Gasteiger partial charge on any atom is -0.339 e. The third-order valence-electron chi connectivity index (χ3n) is 3.72. The summed E-state index contributed by atoms with van der Waals surface area (Å²) in [5, 5.41) is 10.6. The van der Waals surface area contributed by atoms with Crippen molar-refractivity contribution in [3.63, 3.8) is 0 Å². The van der Waals surface area contributed by atoms with Gasteiger partial charge in [-0.05, 0) is 44.5 Å². The summed E-state index contributed by atoms with van der Waals surface area (Å²) in [6, 6.07) is 3.87. The average Bonchev–Trinajstić information content (AvgIpc) is 2.99. The minimum atomic E-state index is 0.677. The predicted octanol–water partition coefficient (Wildman–Crippen LogP) is 1.30. The van der Waals surface area contributed by atoms with E-state index in [1.807, 2.05) is 19.2 Å². The normalized spacial score (nSPS) is 19.2. The van der Waals surface area contributed by atoms with Gasteiger partial charge in [0.15, 0.2) is 5.82 Å². The molecule has 1 unspecified atom stereocenters. The lowest BCUT2D eigenvalue weighted by Gasteiger charge is -2.31. The molecule has 1 aliphatic heterocycles. The summed E-state index contributed by atoms with van der Waals surface area (Å²) >= 11 is 0. The van der Waals surface area contributed by atoms with Gasteiger partial charge in [0.25, 0.3) is 0 Å². The molecule has 0 aliphatic carbocycles. The van der Waals surface area contributed by atoms with Crippen molar-refractivity contribution >= 4 is 5.95 Å². The van der Waals surface area contributed by atoms with E-state index in [1.54, 1.807) is 12.4 Å². The number of hydrogen-bond donors (Lipinski definition) is 2. The fourth-order valence-electron chi connectivity index (χ4n) is 2.74. The predicted molar refractivity (Wildman–Crippen MR) is 78.5 cm³/mol. The number of aromatic nitrogens is 4. The van der Waals surface area contributed by atoms with Gasteiger partial charge in [0.05, 0.1) is 0 Å². The second-order valence-electron chi connectivity index (χ2n) is 5.23. The van der Waals surface area contributed by atoms with Crippen molar-refractivity contribution < 1.29 is 0 Å². The number of pyridine rings is 1. The molecule has 1 aliphatic rings. The Morgan fingerprint density at radius 1 is 1.40 bits per heavy atom. The van der Waals surface area contributed by atoms with Crippen molar-refractivity contribution in [1.29, 1.82) is 0 Å². The Morgan fingerprint density at radius 3 is 3.05 bits per heavy atom. The second kappa shape index (κ2) is 6.00. The van der Waals surface area contributed by atoms with Crippen molar-refractivity contribution in [1.82, 2.24) is 25.5 Å². The van der Waals surface area contributed by atoms with Crippen LogP contribution in [0, 0.1) is 5.92 Å². The summed E-state index contributed by atoms with van der Waals surface area (Å²) in [7, 11) is 2.01. The molecule has 0 radical (unpaired) electrons. The Balaban J connectivity index is 1.73. The number of nitrogens with zero attached hydrogens (tertiary/aromatic N) is 4. The van der Waals surface area contributed by atoms with E-state index in [-0.39, 0.29) is 0 Å². The molecule has 0 saturated carbocycles. The maximum absolute atomic E-state index is 4.61. The first-order valence-corrected chi connectivity index (χ1v) is 7.09. The third-order valence-corrected chi connectivity index (χ3v) is 3.72. The lowest BCUT2D eigenvalue weighted by Crippen LogP contribution is -2.39. The van der Waals surface area contributed by atoms with Crippen molar-refractivity contribution in [2.45, 2.75) is 12.8 Å². The van der Waals surface area contributed by atoms with E-state index in [9.17, 15) is 0 Å². The quantitative estimate of drug-likeness (QED) is 0.878. The number of hydrogen-bond acceptors (Lipinski definition) is 5. The van der Waals surface area contributed by atoms with Gasteiger partial charge < -0.3 is 10.2 Å². The third kappa shape index (κ3) is 2.80. The van der Waals surface area contributed by atoms with Crippen molar-refractivity contribution in [2.24, 2.45) is 5.92 Å². The van der Waals surface area contributed by atoms with Gasteiger partial charge in [0.2, 0.25) is 5.95 Å². The Morgan fingerprint density at radius 2 is 2.25 bits per heavy atom. The van der Waals surface area contributed by atoms with E-state index in [0.29, 0.717) is 5.92 Å². The molecule has 0 spiro atoms. The Hall–Kier alpha value is -1.95. The highest BCUT2D eigenvalue weighted by Gasteiger charge is 2.22. The van der Waals surface area contributed by atoms with Gasteiger partial charge in [-0.1, -0.05) is 0 Å². The summed E-state index contributed by atoms with van der Waals surface area (Å²) in [5.74, 6) is 2.28. The number of nitrogens with one attached hydrogen (secondary N) is 2. The monoisotopic (exact) mass is 272 g/mol. The van der Waals surface area contributed by atoms with Gasteiger partial charge >= 0.3 is 0 Å². The Labute approximate surface area is 118 Å². The molecule has 6 heteroatoms. The fraction of sp³-hybridized carbons (Fsp3) is 0.500. The van der Waals surface area contributed by atoms with Crippen LogP contribution in [0.25, 0.3) is 11.4 Å². The molecule has 3 rings (SSSR count). The first kappa shape index (κ1) is 13.1. The summed E-state index contributed by atoms with van der Waals surface area (Å²) in [4.78, 5) is 10.9. The van der Waals surface area contributed by atoms with Gasteiger partial charge in [0, 0.05) is 31.0 Å². The molecule has 2 aromatic heterocycles. The van der Waals surface area contributed by atoms with Crippen LogP contribution >= 0.6 is 0 Å². The molecule has 106 valence electrons. The average molecular weight is 272 g/mol. The molecule has 0 bridgehead atoms. The summed E-state index contributed by atoms with van der Waals surface area (Å²) in [6.07, 6.45) is 6.01. The summed E-state index contributed by atoms with van der Waals surface area (Å²) < 4.78 is 0. The lowest BCUT2D eigenvalue weighted by molar-refractivity contribution is 0.399. The van der Waals surface area contributed by atoms with Crippen LogP contribution in [0.2, 0.25) is 0 Å².